The molecule has 3 heterocycles. The quantitative estimate of drug-likeness (QED) is 0.849. The van der Waals surface area contributed by atoms with Gasteiger partial charge in [-0.1, -0.05) is 10.6 Å². The molecule has 0 N–H and O–H groups in total. The topological polar surface area (TPSA) is 59.0 Å². The molecule has 0 atom stereocenters. The highest BCUT2D eigenvalue weighted by atomic mass is 32.1. The number of aromatic nitrogens is 3. The Labute approximate surface area is 118 Å². The second-order valence-corrected chi connectivity index (χ2v) is 5.19. The fraction of sp³-hybridized carbons (Fsp3) is 0.231. The number of halogens is 1. The summed E-state index contributed by atoms with van der Waals surface area (Å²) in [6, 6.07) is 1.46. The van der Waals surface area contributed by atoms with Crippen molar-refractivity contribution in [3.05, 3.63) is 47.0 Å². The van der Waals surface area contributed by atoms with Crippen molar-refractivity contribution in [2.75, 3.05) is 13.1 Å². The lowest BCUT2D eigenvalue weighted by Crippen LogP contribution is -2.34. The highest BCUT2D eigenvalue weighted by Crippen LogP contribution is 2.23. The number of carbonyl (C=O) groups is 1. The average molecular weight is 290 g/mol. The summed E-state index contributed by atoms with van der Waals surface area (Å²) in [5, 5.41) is 3.67. The molecule has 1 aliphatic heterocycles. The van der Waals surface area contributed by atoms with Gasteiger partial charge in [0.2, 0.25) is 0 Å². The van der Waals surface area contributed by atoms with Crippen LogP contribution in [0.25, 0.3) is 5.57 Å². The van der Waals surface area contributed by atoms with E-state index in [2.05, 4.69) is 14.6 Å². The zero-order chi connectivity index (χ0) is 13.9. The number of nitrogens with zero attached hydrogens (tertiary/aromatic N) is 4. The van der Waals surface area contributed by atoms with Crippen LogP contribution in [0.2, 0.25) is 0 Å². The summed E-state index contributed by atoms with van der Waals surface area (Å²) >= 11 is 1.09. The second-order valence-electron chi connectivity index (χ2n) is 4.40. The third kappa shape index (κ3) is 2.57. The number of rotatable bonds is 2. The summed E-state index contributed by atoms with van der Waals surface area (Å²) in [5.41, 5.74) is 1.79. The van der Waals surface area contributed by atoms with Crippen molar-refractivity contribution in [3.8, 4) is 0 Å². The van der Waals surface area contributed by atoms with Crippen LogP contribution in [0, 0.1) is 5.82 Å². The van der Waals surface area contributed by atoms with Crippen molar-refractivity contribution < 1.29 is 9.18 Å². The van der Waals surface area contributed by atoms with Gasteiger partial charge in [0.25, 0.3) is 5.91 Å². The summed E-state index contributed by atoms with van der Waals surface area (Å²) in [7, 11) is 0. The van der Waals surface area contributed by atoms with Gasteiger partial charge in [0, 0.05) is 19.3 Å². The minimum absolute atomic E-state index is 0.0623. The third-order valence-electron chi connectivity index (χ3n) is 3.14. The Kier molecular flexibility index (Phi) is 3.51. The lowest BCUT2D eigenvalue weighted by Gasteiger charge is -2.25. The van der Waals surface area contributed by atoms with Crippen LogP contribution >= 0.6 is 11.5 Å². The number of hydrogen-bond acceptors (Lipinski definition) is 5. The summed E-state index contributed by atoms with van der Waals surface area (Å²) < 4.78 is 16.8. The molecule has 3 rings (SSSR count). The molecule has 0 radical (unpaired) electrons. The predicted octanol–water partition coefficient (Wildman–Crippen LogP) is 2.00. The minimum atomic E-state index is -0.349. The van der Waals surface area contributed by atoms with Crippen molar-refractivity contribution >= 4 is 23.0 Å². The smallest absolute Gasteiger partial charge is 0.267 e. The van der Waals surface area contributed by atoms with Gasteiger partial charge in [-0.3, -0.25) is 9.78 Å². The fourth-order valence-corrected chi connectivity index (χ4v) is 2.60. The van der Waals surface area contributed by atoms with Gasteiger partial charge < -0.3 is 4.90 Å². The maximum Gasteiger partial charge on any atom is 0.267 e. The number of hydrogen-bond donors (Lipinski definition) is 0. The molecule has 0 unspecified atom stereocenters. The van der Waals surface area contributed by atoms with Crippen LogP contribution in [0.15, 0.2) is 30.7 Å². The first kappa shape index (κ1) is 12.9. The van der Waals surface area contributed by atoms with E-state index in [9.17, 15) is 9.18 Å². The van der Waals surface area contributed by atoms with Crippen LogP contribution in [0.4, 0.5) is 4.39 Å². The Bertz CT molecular complexity index is 656. The first-order valence-corrected chi connectivity index (χ1v) is 6.88. The van der Waals surface area contributed by atoms with Crippen LogP contribution in [0.5, 0.6) is 0 Å². The molecule has 5 nitrogen and oxygen atoms in total. The Morgan fingerprint density at radius 3 is 2.90 bits per heavy atom. The third-order valence-corrected chi connectivity index (χ3v) is 3.80. The molecule has 0 bridgehead atoms. The lowest BCUT2D eigenvalue weighted by molar-refractivity contribution is 0.0777. The number of pyridine rings is 1. The van der Waals surface area contributed by atoms with Crippen molar-refractivity contribution in [2.24, 2.45) is 0 Å². The van der Waals surface area contributed by atoms with E-state index in [0.29, 0.717) is 24.4 Å². The monoisotopic (exact) mass is 290 g/mol. The molecule has 0 fully saturated rings. The first-order valence-electron chi connectivity index (χ1n) is 6.10. The molecule has 0 spiro atoms. The molecule has 7 heteroatoms. The molecule has 2 aromatic heterocycles. The van der Waals surface area contributed by atoms with E-state index in [-0.39, 0.29) is 11.7 Å². The number of carbonyl (C=O) groups excluding carboxylic acids is 1. The van der Waals surface area contributed by atoms with Gasteiger partial charge in [-0.25, -0.2) is 4.39 Å². The van der Waals surface area contributed by atoms with E-state index in [1.807, 2.05) is 6.08 Å². The van der Waals surface area contributed by atoms with Crippen molar-refractivity contribution in [1.29, 1.82) is 0 Å². The van der Waals surface area contributed by atoms with Gasteiger partial charge in [-0.15, -0.1) is 5.10 Å². The molecule has 0 aromatic carbocycles. The van der Waals surface area contributed by atoms with Gasteiger partial charge in [-0.2, -0.15) is 0 Å². The highest BCUT2D eigenvalue weighted by molar-refractivity contribution is 7.07. The van der Waals surface area contributed by atoms with Gasteiger partial charge >= 0.3 is 0 Å². The average Bonchev–Trinajstić information content (AvgIpc) is 3.01. The molecule has 1 aliphatic rings. The molecule has 20 heavy (non-hydrogen) atoms. The van der Waals surface area contributed by atoms with Crippen LogP contribution in [0.1, 0.15) is 21.7 Å². The Morgan fingerprint density at radius 1 is 1.35 bits per heavy atom. The second kappa shape index (κ2) is 5.46. The van der Waals surface area contributed by atoms with Gasteiger partial charge in [0.1, 0.15) is 10.7 Å². The Balaban J connectivity index is 1.73. The lowest BCUT2D eigenvalue weighted by atomic mass is 10.0. The van der Waals surface area contributed by atoms with E-state index in [4.69, 9.17) is 0 Å². The van der Waals surface area contributed by atoms with Gasteiger partial charge in [-0.05, 0) is 35.2 Å². The predicted molar refractivity (Wildman–Crippen MR) is 72.6 cm³/mol. The normalized spacial score (nSPS) is 15.1. The van der Waals surface area contributed by atoms with Crippen molar-refractivity contribution in [3.63, 3.8) is 0 Å². The van der Waals surface area contributed by atoms with Gasteiger partial charge in [0.05, 0.1) is 12.4 Å². The molecular formula is C13H11FN4OS. The zero-order valence-corrected chi connectivity index (χ0v) is 11.3. The summed E-state index contributed by atoms with van der Waals surface area (Å²) in [5.74, 6) is -0.412. The highest BCUT2D eigenvalue weighted by Gasteiger charge is 2.20. The molecule has 0 saturated heterocycles. The zero-order valence-electron chi connectivity index (χ0n) is 10.5. The molecule has 0 aliphatic carbocycles. The van der Waals surface area contributed by atoms with Crippen LogP contribution in [0.3, 0.4) is 0 Å². The minimum Gasteiger partial charge on any atom is -0.334 e. The molecule has 102 valence electrons. The number of amides is 1. The largest absolute Gasteiger partial charge is 0.334 e. The van der Waals surface area contributed by atoms with E-state index in [1.165, 1.54) is 18.5 Å². The summed E-state index contributed by atoms with van der Waals surface area (Å²) in [4.78, 5) is 18.2. The molecule has 0 saturated carbocycles. The summed E-state index contributed by atoms with van der Waals surface area (Å²) in [6.45, 7) is 1.10. The van der Waals surface area contributed by atoms with E-state index in [1.54, 1.807) is 11.1 Å². The van der Waals surface area contributed by atoms with Crippen molar-refractivity contribution in [1.82, 2.24) is 19.5 Å². The van der Waals surface area contributed by atoms with Crippen LogP contribution in [-0.2, 0) is 0 Å². The maximum atomic E-state index is 13.1. The molecule has 1 amide bonds. The van der Waals surface area contributed by atoms with Crippen LogP contribution in [-0.4, -0.2) is 38.5 Å². The SMILES string of the molecule is O=C(c1cnns1)N1CC=C(c2cncc(F)c2)CC1. The molecular weight excluding hydrogens is 279 g/mol. The first-order chi connectivity index (χ1) is 9.74. The van der Waals surface area contributed by atoms with E-state index >= 15 is 0 Å². The molecule has 2 aromatic rings. The van der Waals surface area contributed by atoms with Crippen molar-refractivity contribution in [2.45, 2.75) is 6.42 Å². The van der Waals surface area contributed by atoms with E-state index < -0.39 is 0 Å². The van der Waals surface area contributed by atoms with E-state index in [0.717, 1.165) is 22.7 Å². The summed E-state index contributed by atoms with van der Waals surface area (Å²) in [6.07, 6.45) is 6.91. The van der Waals surface area contributed by atoms with Crippen LogP contribution < -0.4 is 0 Å². The maximum absolute atomic E-state index is 13.1. The van der Waals surface area contributed by atoms with Gasteiger partial charge in [0.15, 0.2) is 0 Å². The Morgan fingerprint density at radius 2 is 2.25 bits per heavy atom. The Hall–Kier alpha value is -2.15. The standard InChI is InChI=1S/C13H11FN4OS/c14-11-5-10(6-15-7-11)9-1-3-18(4-2-9)13(19)12-8-16-17-20-12/h1,5-8H,2-4H2. The fourth-order valence-electron chi connectivity index (χ4n) is 2.12.